The molecule has 1 N–H and O–H groups in total. The van der Waals surface area contributed by atoms with Crippen LogP contribution in [-0.4, -0.2) is 26.6 Å². The van der Waals surface area contributed by atoms with Crippen LogP contribution in [0.3, 0.4) is 0 Å². The van der Waals surface area contributed by atoms with Crippen molar-refractivity contribution in [3.8, 4) is 0 Å². The van der Waals surface area contributed by atoms with Gasteiger partial charge in [-0.1, -0.05) is 37.3 Å². The van der Waals surface area contributed by atoms with Gasteiger partial charge < -0.3 is 5.32 Å². The lowest BCUT2D eigenvalue weighted by atomic mass is 9.99. The third kappa shape index (κ3) is 4.50. The number of hydrogen-bond donors (Lipinski definition) is 1. The zero-order valence-electron chi connectivity index (χ0n) is 15.8. The maximum Gasteiger partial charge on any atom is 0.234 e. The number of aryl methyl sites for hydroxylation is 1. The van der Waals surface area contributed by atoms with Gasteiger partial charge in [0, 0.05) is 18.2 Å². The van der Waals surface area contributed by atoms with Crippen molar-refractivity contribution in [2.24, 2.45) is 5.92 Å². The predicted molar refractivity (Wildman–Crippen MR) is 110 cm³/mol. The molecule has 0 saturated heterocycles. The van der Waals surface area contributed by atoms with Gasteiger partial charge in [-0.25, -0.2) is 8.42 Å². The van der Waals surface area contributed by atoms with Crippen LogP contribution in [0, 0.1) is 5.92 Å². The fourth-order valence-corrected chi connectivity index (χ4v) is 4.61. The van der Waals surface area contributed by atoms with Gasteiger partial charge >= 0.3 is 0 Å². The van der Waals surface area contributed by atoms with E-state index in [0.717, 1.165) is 35.3 Å². The summed E-state index contributed by atoms with van der Waals surface area (Å²) < 4.78 is 26.1. The molecule has 0 saturated carbocycles. The van der Waals surface area contributed by atoms with Crippen molar-refractivity contribution < 1.29 is 13.2 Å². The molecule has 1 aliphatic heterocycles. The van der Waals surface area contributed by atoms with Gasteiger partial charge in [0.2, 0.25) is 15.9 Å². The number of nitrogens with zero attached hydrogens (tertiary/aromatic N) is 1. The first-order chi connectivity index (χ1) is 12.9. The molecule has 0 bridgehead atoms. The van der Waals surface area contributed by atoms with Crippen molar-refractivity contribution in [1.29, 1.82) is 0 Å². The highest BCUT2D eigenvalue weighted by Gasteiger charge is 2.26. The van der Waals surface area contributed by atoms with Gasteiger partial charge in [0.05, 0.1) is 11.4 Å². The highest BCUT2D eigenvalue weighted by atomic mass is 32.2. The van der Waals surface area contributed by atoms with Crippen molar-refractivity contribution in [1.82, 2.24) is 0 Å². The fraction of sp³-hybridized carbons (Fsp3) is 0.381. The predicted octanol–water partition coefficient (Wildman–Crippen LogP) is 3.61. The Bertz CT molecular complexity index is 910. The van der Waals surface area contributed by atoms with Crippen LogP contribution >= 0.6 is 0 Å². The van der Waals surface area contributed by atoms with Gasteiger partial charge in [-0.15, -0.1) is 0 Å². The summed E-state index contributed by atoms with van der Waals surface area (Å²) >= 11 is 0. The van der Waals surface area contributed by atoms with E-state index < -0.39 is 10.0 Å². The summed E-state index contributed by atoms with van der Waals surface area (Å²) in [5.74, 6) is -0.102. The molecule has 144 valence electrons. The molecular formula is C21H26N2O3S. The number of amides is 1. The Hall–Kier alpha value is -2.34. The number of sulfonamides is 1. The normalized spacial score (nSPS) is 15.1. The summed E-state index contributed by atoms with van der Waals surface area (Å²) in [5, 5.41) is 2.97. The summed E-state index contributed by atoms with van der Waals surface area (Å²) in [5.41, 5.74) is 3.55. The molecule has 0 aromatic heterocycles. The molecule has 27 heavy (non-hydrogen) atoms. The van der Waals surface area contributed by atoms with Crippen molar-refractivity contribution >= 4 is 27.3 Å². The monoisotopic (exact) mass is 386 g/mol. The largest absolute Gasteiger partial charge is 0.326 e. The summed E-state index contributed by atoms with van der Waals surface area (Å²) in [6, 6.07) is 15.4. The quantitative estimate of drug-likeness (QED) is 0.825. The zero-order valence-corrected chi connectivity index (χ0v) is 16.6. The second kappa shape index (κ2) is 8.13. The number of benzene rings is 2. The SMILES string of the molecule is CCS(=O)(=O)N1CCCc2cc(NC(=O)C(C)Cc3ccccc3)ccc21. The lowest BCUT2D eigenvalue weighted by molar-refractivity contribution is -0.119. The molecule has 0 radical (unpaired) electrons. The molecule has 1 atom stereocenters. The molecule has 0 aliphatic carbocycles. The molecule has 1 aliphatic rings. The molecular weight excluding hydrogens is 360 g/mol. The second-order valence-electron chi connectivity index (χ2n) is 7.00. The van der Waals surface area contributed by atoms with Crippen molar-refractivity contribution in [3.05, 3.63) is 59.7 Å². The lowest BCUT2D eigenvalue weighted by Gasteiger charge is -2.30. The van der Waals surface area contributed by atoms with Crippen molar-refractivity contribution in [2.45, 2.75) is 33.1 Å². The van der Waals surface area contributed by atoms with Crippen LogP contribution in [0.25, 0.3) is 0 Å². The van der Waals surface area contributed by atoms with E-state index in [1.54, 1.807) is 19.1 Å². The minimum Gasteiger partial charge on any atom is -0.326 e. The third-order valence-corrected chi connectivity index (χ3v) is 6.74. The smallest absolute Gasteiger partial charge is 0.234 e. The van der Waals surface area contributed by atoms with Crippen molar-refractivity contribution in [3.63, 3.8) is 0 Å². The number of rotatable bonds is 6. The van der Waals surface area contributed by atoms with E-state index in [1.807, 2.05) is 43.3 Å². The summed E-state index contributed by atoms with van der Waals surface area (Å²) in [6.45, 7) is 4.09. The zero-order chi connectivity index (χ0) is 19.4. The van der Waals surface area contributed by atoms with Crippen LogP contribution in [0.2, 0.25) is 0 Å². The standard InChI is InChI=1S/C21H26N2O3S/c1-3-27(25,26)23-13-7-10-18-15-19(11-12-20(18)23)22-21(24)16(2)14-17-8-5-4-6-9-17/h4-6,8-9,11-12,15-16H,3,7,10,13-14H2,1-2H3,(H,22,24). The van der Waals surface area contributed by atoms with E-state index in [9.17, 15) is 13.2 Å². The van der Waals surface area contributed by atoms with Crippen LogP contribution < -0.4 is 9.62 Å². The van der Waals surface area contributed by atoms with Gasteiger partial charge in [0.1, 0.15) is 0 Å². The summed E-state index contributed by atoms with van der Waals surface area (Å²) in [7, 11) is -3.27. The molecule has 0 spiro atoms. The van der Waals surface area contributed by atoms with Crippen LogP contribution in [0.4, 0.5) is 11.4 Å². The first-order valence-electron chi connectivity index (χ1n) is 9.39. The van der Waals surface area contributed by atoms with Crippen LogP contribution in [-0.2, 0) is 27.7 Å². The minimum absolute atomic E-state index is 0.0346. The van der Waals surface area contributed by atoms with E-state index in [0.29, 0.717) is 13.0 Å². The Balaban J connectivity index is 1.72. The molecule has 3 rings (SSSR count). The Morgan fingerprint density at radius 3 is 2.63 bits per heavy atom. The molecule has 5 nitrogen and oxygen atoms in total. The van der Waals surface area contributed by atoms with Gasteiger partial charge in [0.15, 0.2) is 0 Å². The minimum atomic E-state index is -3.27. The first-order valence-corrected chi connectivity index (χ1v) is 11.0. The summed E-state index contributed by atoms with van der Waals surface area (Å²) in [4.78, 5) is 12.5. The maximum atomic E-state index is 12.5. The number of anilines is 2. The van der Waals surface area contributed by atoms with Crippen LogP contribution in [0.5, 0.6) is 0 Å². The fourth-order valence-electron chi connectivity index (χ4n) is 3.41. The topological polar surface area (TPSA) is 66.5 Å². The van der Waals surface area contributed by atoms with Gasteiger partial charge in [0.25, 0.3) is 0 Å². The maximum absolute atomic E-state index is 12.5. The number of carbonyl (C=O) groups is 1. The van der Waals surface area contributed by atoms with Crippen LogP contribution in [0.15, 0.2) is 48.5 Å². The molecule has 6 heteroatoms. The third-order valence-electron chi connectivity index (χ3n) is 4.96. The van der Waals surface area contributed by atoms with Crippen LogP contribution in [0.1, 0.15) is 31.4 Å². The lowest BCUT2D eigenvalue weighted by Crippen LogP contribution is -2.36. The van der Waals surface area contributed by atoms with Gasteiger partial charge in [-0.3, -0.25) is 9.10 Å². The number of carbonyl (C=O) groups excluding carboxylic acids is 1. The van der Waals surface area contributed by atoms with E-state index in [1.165, 1.54) is 4.31 Å². The average Bonchev–Trinajstić information content (AvgIpc) is 2.68. The molecule has 2 aromatic carbocycles. The number of hydrogen-bond acceptors (Lipinski definition) is 3. The number of nitrogens with one attached hydrogen (secondary N) is 1. The number of fused-ring (bicyclic) bond motifs is 1. The first kappa shape index (κ1) is 19.4. The van der Waals surface area contributed by atoms with E-state index >= 15 is 0 Å². The Labute approximate surface area is 161 Å². The molecule has 0 fully saturated rings. The van der Waals surface area contributed by atoms with E-state index in [4.69, 9.17) is 0 Å². The molecule has 1 unspecified atom stereocenters. The van der Waals surface area contributed by atoms with Gasteiger partial charge in [-0.2, -0.15) is 0 Å². The molecule has 1 heterocycles. The second-order valence-corrected chi connectivity index (χ2v) is 9.18. The van der Waals surface area contributed by atoms with E-state index in [-0.39, 0.29) is 17.6 Å². The highest BCUT2D eigenvalue weighted by Crippen LogP contribution is 2.32. The van der Waals surface area contributed by atoms with E-state index in [2.05, 4.69) is 5.32 Å². The summed E-state index contributed by atoms with van der Waals surface area (Å²) in [6.07, 6.45) is 2.28. The van der Waals surface area contributed by atoms with Gasteiger partial charge in [-0.05, 0) is 55.5 Å². The Kier molecular flexibility index (Phi) is 5.85. The Morgan fingerprint density at radius 2 is 1.93 bits per heavy atom. The Morgan fingerprint density at radius 1 is 1.19 bits per heavy atom. The van der Waals surface area contributed by atoms with Crippen molar-refractivity contribution in [2.75, 3.05) is 21.9 Å². The highest BCUT2D eigenvalue weighted by molar-refractivity contribution is 7.92. The molecule has 1 amide bonds. The average molecular weight is 387 g/mol. The molecule has 2 aromatic rings.